The van der Waals surface area contributed by atoms with Crippen LogP contribution in [-0.4, -0.2) is 23.8 Å². The van der Waals surface area contributed by atoms with Gasteiger partial charge in [0.05, 0.1) is 6.04 Å². The van der Waals surface area contributed by atoms with Gasteiger partial charge in [0.15, 0.2) is 0 Å². The molecule has 1 spiro atoms. The summed E-state index contributed by atoms with van der Waals surface area (Å²) in [5.74, 6) is 0. The van der Waals surface area contributed by atoms with Crippen molar-refractivity contribution in [1.82, 2.24) is 10.5 Å². The second-order valence-corrected chi connectivity index (χ2v) is 4.82. The molecule has 4 N–H and O–H groups in total. The largest absolute Gasteiger partial charge is 0.399 e. The van der Waals surface area contributed by atoms with E-state index < -0.39 is 0 Å². The Morgan fingerprint density at radius 1 is 1.67 bits per heavy atom. The van der Waals surface area contributed by atoms with Gasteiger partial charge in [-0.15, -0.1) is 5.17 Å². The molecular weight excluding hydrogens is 189 g/mol. The highest BCUT2D eigenvalue weighted by molar-refractivity contribution is 6.40. The number of allylic oxidation sites excluding steroid dienone is 2. The molecule has 2 fully saturated rings. The summed E-state index contributed by atoms with van der Waals surface area (Å²) in [4.78, 5) is 0. The minimum Gasteiger partial charge on any atom is -0.399 e. The molecule has 2 aliphatic carbocycles. The summed E-state index contributed by atoms with van der Waals surface area (Å²) in [6.45, 7) is 0. The lowest BCUT2D eigenvalue weighted by Gasteiger charge is -2.42. The van der Waals surface area contributed by atoms with Crippen LogP contribution in [0.3, 0.4) is 0 Å². The monoisotopic (exact) mass is 205 g/mol. The summed E-state index contributed by atoms with van der Waals surface area (Å²) in [7, 11) is 0.837. The normalized spacial score (nSPS) is 39.9. The highest BCUT2D eigenvalue weighted by Crippen LogP contribution is 2.54. The minimum atomic E-state index is 0.107. The van der Waals surface area contributed by atoms with Crippen LogP contribution in [0.5, 0.6) is 0 Å². The van der Waals surface area contributed by atoms with Crippen LogP contribution >= 0.6 is 0 Å². The van der Waals surface area contributed by atoms with E-state index in [0.717, 1.165) is 38.8 Å². The Kier molecular flexibility index (Phi) is 1.96. The third kappa shape index (κ3) is 1.20. The van der Waals surface area contributed by atoms with Gasteiger partial charge in [0.25, 0.3) is 0 Å². The van der Waals surface area contributed by atoms with Crippen molar-refractivity contribution < 1.29 is 5.21 Å². The Morgan fingerprint density at radius 2 is 2.53 bits per heavy atom. The number of nitrogens with one attached hydrogen (secondary N) is 1. The number of hydroxylamine groups is 1. The van der Waals surface area contributed by atoms with Crippen LogP contribution in [-0.2, 0) is 0 Å². The van der Waals surface area contributed by atoms with Crippen LogP contribution in [0.2, 0.25) is 5.31 Å². The van der Waals surface area contributed by atoms with E-state index in [9.17, 15) is 5.21 Å². The first-order valence-corrected chi connectivity index (χ1v) is 5.61. The third-order valence-electron chi connectivity index (χ3n) is 4.10. The number of nitrogens with zero attached hydrogens (tertiary/aromatic N) is 1. The molecule has 3 aliphatic rings. The molecule has 3 rings (SSSR count). The zero-order valence-corrected chi connectivity index (χ0v) is 8.74. The quantitative estimate of drug-likeness (QED) is 0.502. The maximum atomic E-state index is 9.77. The summed E-state index contributed by atoms with van der Waals surface area (Å²) in [5.41, 5.74) is 8.15. The first kappa shape index (κ1) is 9.45. The number of hydrogen-bond acceptors (Lipinski definition) is 4. The number of hydrogen-bond donors (Lipinski definition) is 3. The Bertz CT molecular complexity index is 355. The highest BCUT2D eigenvalue weighted by atomic mass is 16.5. The predicted molar refractivity (Wildman–Crippen MR) is 59.2 cm³/mol. The highest BCUT2D eigenvalue weighted by Gasteiger charge is 2.52. The molecule has 15 heavy (non-hydrogen) atoms. The zero-order chi connectivity index (χ0) is 10.5. The van der Waals surface area contributed by atoms with Crippen molar-refractivity contribution in [1.29, 1.82) is 0 Å². The van der Waals surface area contributed by atoms with Crippen molar-refractivity contribution >= 4 is 7.41 Å². The summed E-state index contributed by atoms with van der Waals surface area (Å²) in [5, 5.41) is 14.2. The average molecular weight is 205 g/mol. The first-order chi connectivity index (χ1) is 7.22. The van der Waals surface area contributed by atoms with Crippen LogP contribution in [0, 0.1) is 0 Å². The number of nitrogens with two attached hydrogens (primary N) is 1. The van der Waals surface area contributed by atoms with Crippen molar-refractivity contribution in [3.63, 3.8) is 0 Å². The van der Waals surface area contributed by atoms with Gasteiger partial charge in [0.2, 0.25) is 7.41 Å². The molecule has 5 heteroatoms. The van der Waals surface area contributed by atoms with Gasteiger partial charge in [-0.05, 0) is 31.8 Å². The summed E-state index contributed by atoms with van der Waals surface area (Å²) >= 11 is 0. The minimum absolute atomic E-state index is 0.107. The van der Waals surface area contributed by atoms with E-state index in [1.54, 1.807) is 0 Å². The van der Waals surface area contributed by atoms with E-state index in [4.69, 9.17) is 5.73 Å². The third-order valence-corrected chi connectivity index (χ3v) is 4.10. The lowest BCUT2D eigenvalue weighted by atomic mass is 9.48. The fraction of sp³-hybridized carbons (Fsp3) is 0.600. The van der Waals surface area contributed by atoms with Crippen LogP contribution in [0.1, 0.15) is 25.7 Å². The summed E-state index contributed by atoms with van der Waals surface area (Å²) < 4.78 is 0. The van der Waals surface area contributed by atoms with E-state index in [1.165, 1.54) is 10.7 Å². The molecular formula is C10H16BN3O. The second kappa shape index (κ2) is 3.11. The summed E-state index contributed by atoms with van der Waals surface area (Å²) in [6, 6.07) is 0.224. The maximum Gasteiger partial charge on any atom is 0.235 e. The van der Waals surface area contributed by atoms with Gasteiger partial charge in [0.1, 0.15) is 0 Å². The van der Waals surface area contributed by atoms with E-state index >= 15 is 0 Å². The van der Waals surface area contributed by atoms with Crippen molar-refractivity contribution in [3.05, 3.63) is 23.4 Å². The smallest absolute Gasteiger partial charge is 0.235 e. The number of rotatable bonds is 0. The average Bonchev–Trinajstić information content (AvgIpc) is 2.56. The molecule has 80 valence electrons. The molecule has 0 aromatic heterocycles. The van der Waals surface area contributed by atoms with Gasteiger partial charge < -0.3 is 5.73 Å². The molecule has 1 saturated carbocycles. The van der Waals surface area contributed by atoms with Crippen LogP contribution in [0.15, 0.2) is 23.4 Å². The van der Waals surface area contributed by atoms with Crippen LogP contribution in [0.25, 0.3) is 0 Å². The Morgan fingerprint density at radius 3 is 3.40 bits per heavy atom. The molecule has 0 radical (unpaired) electrons. The first-order valence-electron chi connectivity index (χ1n) is 5.61. The fourth-order valence-electron chi connectivity index (χ4n) is 3.26. The molecule has 4 nitrogen and oxygen atoms in total. The van der Waals surface area contributed by atoms with Gasteiger partial charge >= 0.3 is 0 Å². The van der Waals surface area contributed by atoms with Crippen LogP contribution in [0.4, 0.5) is 0 Å². The number of hydrazine groups is 1. The van der Waals surface area contributed by atoms with E-state index in [0.29, 0.717) is 0 Å². The van der Waals surface area contributed by atoms with E-state index in [-0.39, 0.29) is 11.4 Å². The van der Waals surface area contributed by atoms with Gasteiger partial charge in [-0.25, -0.2) is 0 Å². The SMILES string of the molecule is NC1=CCC23BNN(O)C2CCCC3=C1. The summed E-state index contributed by atoms with van der Waals surface area (Å²) in [6.07, 6.45) is 8.48. The van der Waals surface area contributed by atoms with E-state index in [2.05, 4.69) is 17.5 Å². The molecule has 1 saturated heterocycles. The van der Waals surface area contributed by atoms with E-state index in [1.807, 2.05) is 0 Å². The lowest BCUT2D eigenvalue weighted by Crippen LogP contribution is -2.40. The van der Waals surface area contributed by atoms with Crippen molar-refractivity contribution in [3.8, 4) is 0 Å². The van der Waals surface area contributed by atoms with Gasteiger partial charge in [-0.3, -0.25) is 10.5 Å². The lowest BCUT2D eigenvalue weighted by molar-refractivity contribution is -0.147. The molecule has 1 aliphatic heterocycles. The molecule has 0 bridgehead atoms. The zero-order valence-electron chi connectivity index (χ0n) is 8.74. The molecule has 0 amide bonds. The topological polar surface area (TPSA) is 61.5 Å². The Labute approximate surface area is 90.0 Å². The Balaban J connectivity index is 2.01. The van der Waals surface area contributed by atoms with Crippen molar-refractivity contribution in [2.45, 2.75) is 37.0 Å². The van der Waals surface area contributed by atoms with Gasteiger partial charge in [-0.1, -0.05) is 11.6 Å². The molecule has 0 aromatic carbocycles. The van der Waals surface area contributed by atoms with Crippen molar-refractivity contribution in [2.75, 3.05) is 0 Å². The van der Waals surface area contributed by atoms with Crippen LogP contribution < -0.4 is 11.1 Å². The maximum absolute atomic E-state index is 9.77. The van der Waals surface area contributed by atoms with Gasteiger partial charge in [0, 0.05) is 11.0 Å². The van der Waals surface area contributed by atoms with Gasteiger partial charge in [-0.2, -0.15) is 0 Å². The fourth-order valence-corrected chi connectivity index (χ4v) is 3.26. The molecule has 2 unspecified atom stereocenters. The molecule has 1 heterocycles. The molecule has 0 aromatic rings. The second-order valence-electron chi connectivity index (χ2n) is 4.82. The van der Waals surface area contributed by atoms with Crippen molar-refractivity contribution in [2.24, 2.45) is 5.73 Å². The standard InChI is InChI=1S/C10H16BN3O/c12-8-4-5-10-7(6-8)2-1-3-9(10)14(15)13-11-10/h4,6,9,11,13,15H,1-3,5,12H2. The Hall–Kier alpha value is -0.775. The molecule has 2 atom stereocenters. The predicted octanol–water partition coefficient (Wildman–Crippen LogP) is 0.431.